The molecule has 0 radical (unpaired) electrons. The molecule has 2 aromatic carbocycles. The van der Waals surface area contributed by atoms with Gasteiger partial charge in [0, 0.05) is 13.6 Å². The van der Waals surface area contributed by atoms with E-state index in [1.54, 1.807) is 11.7 Å². The maximum atomic E-state index is 12.7. The van der Waals surface area contributed by atoms with E-state index in [-0.39, 0.29) is 5.56 Å². The van der Waals surface area contributed by atoms with Crippen molar-refractivity contribution in [3.8, 4) is 11.5 Å². The Morgan fingerprint density at radius 2 is 1.90 bits per heavy atom. The zero-order valence-electron chi connectivity index (χ0n) is 16.7. The second kappa shape index (κ2) is 7.26. The fraction of sp³-hybridized carbons (Fsp3) is 0.286. The molecule has 2 aromatic heterocycles. The molecule has 1 aliphatic rings. The summed E-state index contributed by atoms with van der Waals surface area (Å²) < 4.78 is 16.9. The van der Waals surface area contributed by atoms with Crippen molar-refractivity contribution in [2.75, 3.05) is 20.3 Å². The van der Waals surface area contributed by atoms with E-state index in [9.17, 15) is 4.79 Å². The number of aryl methyl sites for hydroxylation is 1. The van der Waals surface area contributed by atoms with Crippen LogP contribution in [0.3, 0.4) is 0 Å². The smallest absolute Gasteiger partial charge is 0.262 e. The Morgan fingerprint density at radius 3 is 2.73 bits per heavy atom. The third-order valence-electron chi connectivity index (χ3n) is 5.24. The first-order valence-electron chi connectivity index (χ1n) is 9.67. The van der Waals surface area contributed by atoms with Gasteiger partial charge in [0.2, 0.25) is 10.5 Å². The number of hydrogen-bond acceptors (Lipinski definition) is 6. The number of para-hydroxylation sites is 1. The summed E-state index contributed by atoms with van der Waals surface area (Å²) in [6.07, 6.45) is 0. The Morgan fingerprint density at radius 1 is 1.13 bits per heavy atom. The quantitative estimate of drug-likeness (QED) is 0.470. The van der Waals surface area contributed by atoms with Gasteiger partial charge in [0.05, 0.1) is 17.6 Å². The first kappa shape index (κ1) is 18.8. The minimum atomic E-state index is -0.0881. The van der Waals surface area contributed by atoms with E-state index in [4.69, 9.17) is 21.7 Å². The molecule has 4 aromatic rings. The van der Waals surface area contributed by atoms with E-state index < -0.39 is 0 Å². The topological polar surface area (TPSA) is 65.9 Å². The van der Waals surface area contributed by atoms with Crippen LogP contribution in [-0.4, -0.2) is 43.9 Å². The summed E-state index contributed by atoms with van der Waals surface area (Å²) in [5.74, 6) is 2.08. The van der Waals surface area contributed by atoms with Crippen molar-refractivity contribution in [1.29, 1.82) is 0 Å². The zero-order chi connectivity index (χ0) is 20.8. The minimum Gasteiger partial charge on any atom is -0.486 e. The summed E-state index contributed by atoms with van der Waals surface area (Å²) in [7, 11) is 3.72. The van der Waals surface area contributed by atoms with Gasteiger partial charge in [-0.3, -0.25) is 18.7 Å². The maximum Gasteiger partial charge on any atom is 0.262 e. The van der Waals surface area contributed by atoms with Crippen LogP contribution in [-0.2, 0) is 20.3 Å². The summed E-state index contributed by atoms with van der Waals surface area (Å²) >= 11 is 5.71. The first-order chi connectivity index (χ1) is 14.5. The van der Waals surface area contributed by atoms with E-state index in [0.717, 1.165) is 22.6 Å². The molecule has 154 valence electrons. The molecular formula is C21H21N5O3S. The lowest BCUT2D eigenvalue weighted by atomic mass is 10.2. The standard InChI is InChI=1S/C21H21N5O3S/c1-23(12-14-7-8-17-18(11-14)29-10-9-28-17)13-25-21(30)26-16-6-4-3-5-15(16)19(27)24(2)20(26)22-25/h3-8,11H,9-10,12-13H2,1-2H3. The van der Waals surface area contributed by atoms with Crippen LogP contribution in [0.1, 0.15) is 5.56 Å². The molecule has 0 saturated heterocycles. The normalized spacial score (nSPS) is 13.4. The highest BCUT2D eigenvalue weighted by Gasteiger charge is 2.16. The largest absolute Gasteiger partial charge is 0.486 e. The van der Waals surface area contributed by atoms with Crippen molar-refractivity contribution >= 4 is 28.9 Å². The molecule has 0 unspecified atom stereocenters. The van der Waals surface area contributed by atoms with Crippen LogP contribution in [0.25, 0.3) is 16.7 Å². The van der Waals surface area contributed by atoms with Crippen molar-refractivity contribution in [1.82, 2.24) is 23.6 Å². The van der Waals surface area contributed by atoms with E-state index in [1.807, 2.05) is 53.9 Å². The predicted molar refractivity (Wildman–Crippen MR) is 116 cm³/mol. The van der Waals surface area contributed by atoms with Gasteiger partial charge in [-0.15, -0.1) is 5.10 Å². The second-order valence-electron chi connectivity index (χ2n) is 7.43. The van der Waals surface area contributed by atoms with Crippen molar-refractivity contribution in [2.24, 2.45) is 7.05 Å². The Labute approximate surface area is 177 Å². The fourth-order valence-corrected chi connectivity index (χ4v) is 4.09. The molecule has 9 heteroatoms. The SMILES string of the molecule is CN(Cc1ccc2c(c1)OCCO2)Cn1nc2n(C)c(=O)c3ccccc3n2c1=S. The van der Waals surface area contributed by atoms with Crippen LogP contribution in [0, 0.1) is 4.77 Å². The Bertz CT molecular complexity index is 1390. The number of fused-ring (bicyclic) bond motifs is 4. The maximum absolute atomic E-state index is 12.7. The van der Waals surface area contributed by atoms with Crippen LogP contribution in [0.4, 0.5) is 0 Å². The number of rotatable bonds is 4. The van der Waals surface area contributed by atoms with Gasteiger partial charge < -0.3 is 9.47 Å². The van der Waals surface area contributed by atoms with E-state index in [0.29, 0.717) is 42.4 Å². The van der Waals surface area contributed by atoms with Crippen LogP contribution >= 0.6 is 12.2 Å². The fourth-order valence-electron chi connectivity index (χ4n) is 3.81. The minimum absolute atomic E-state index is 0.0881. The molecule has 0 aliphatic carbocycles. The number of ether oxygens (including phenoxy) is 2. The lowest BCUT2D eigenvalue weighted by Gasteiger charge is -2.21. The molecule has 5 rings (SSSR count). The molecule has 8 nitrogen and oxygen atoms in total. The van der Waals surface area contributed by atoms with Crippen LogP contribution in [0.2, 0.25) is 0 Å². The number of nitrogens with zero attached hydrogens (tertiary/aromatic N) is 5. The van der Waals surface area contributed by atoms with Gasteiger partial charge in [0.1, 0.15) is 13.2 Å². The molecule has 3 heterocycles. The highest BCUT2D eigenvalue weighted by Crippen LogP contribution is 2.31. The van der Waals surface area contributed by atoms with Crippen LogP contribution < -0.4 is 15.0 Å². The molecule has 0 saturated carbocycles. The van der Waals surface area contributed by atoms with Crippen molar-refractivity contribution in [2.45, 2.75) is 13.2 Å². The Hall–Kier alpha value is -3.17. The Kier molecular flexibility index (Phi) is 4.56. The monoisotopic (exact) mass is 423 g/mol. The summed E-state index contributed by atoms with van der Waals surface area (Å²) in [5, 5.41) is 5.24. The van der Waals surface area contributed by atoms with Crippen molar-refractivity contribution in [3.05, 3.63) is 63.2 Å². The zero-order valence-corrected chi connectivity index (χ0v) is 17.6. The lowest BCUT2D eigenvalue weighted by molar-refractivity contribution is 0.171. The molecule has 0 spiro atoms. The highest BCUT2D eigenvalue weighted by atomic mass is 32.1. The van der Waals surface area contributed by atoms with Gasteiger partial charge in [0.25, 0.3) is 5.56 Å². The van der Waals surface area contributed by atoms with E-state index in [2.05, 4.69) is 10.00 Å². The highest BCUT2D eigenvalue weighted by molar-refractivity contribution is 7.71. The van der Waals surface area contributed by atoms with Crippen molar-refractivity contribution < 1.29 is 9.47 Å². The summed E-state index contributed by atoms with van der Waals surface area (Å²) in [4.78, 5) is 14.8. The number of hydrogen-bond donors (Lipinski definition) is 0. The van der Waals surface area contributed by atoms with E-state index >= 15 is 0 Å². The number of aromatic nitrogens is 4. The van der Waals surface area contributed by atoms with Gasteiger partial charge in [-0.1, -0.05) is 18.2 Å². The molecule has 0 atom stereocenters. The van der Waals surface area contributed by atoms with Gasteiger partial charge in [-0.2, -0.15) is 0 Å². The van der Waals surface area contributed by atoms with Gasteiger partial charge in [0.15, 0.2) is 11.5 Å². The third kappa shape index (κ3) is 3.06. The molecular weight excluding hydrogens is 402 g/mol. The third-order valence-corrected chi connectivity index (χ3v) is 5.63. The van der Waals surface area contributed by atoms with Crippen LogP contribution in [0.5, 0.6) is 11.5 Å². The van der Waals surface area contributed by atoms with Gasteiger partial charge >= 0.3 is 0 Å². The number of benzene rings is 2. The lowest BCUT2D eigenvalue weighted by Crippen LogP contribution is -2.23. The summed E-state index contributed by atoms with van der Waals surface area (Å²) in [6, 6.07) is 13.4. The molecule has 0 fully saturated rings. The van der Waals surface area contributed by atoms with Gasteiger partial charge in [-0.25, -0.2) is 4.68 Å². The molecule has 1 aliphatic heterocycles. The molecule has 0 amide bonds. The van der Waals surface area contributed by atoms with E-state index in [1.165, 1.54) is 4.57 Å². The van der Waals surface area contributed by atoms with Crippen molar-refractivity contribution in [3.63, 3.8) is 0 Å². The average Bonchev–Trinajstić information content (AvgIpc) is 3.08. The summed E-state index contributed by atoms with van der Waals surface area (Å²) in [5.41, 5.74) is 1.78. The average molecular weight is 423 g/mol. The predicted octanol–water partition coefficient (Wildman–Crippen LogP) is 2.58. The second-order valence-corrected chi connectivity index (χ2v) is 7.80. The molecule has 0 N–H and O–H groups in total. The molecule has 0 bridgehead atoms. The summed E-state index contributed by atoms with van der Waals surface area (Å²) in [6.45, 7) is 2.31. The van der Waals surface area contributed by atoms with Crippen LogP contribution in [0.15, 0.2) is 47.3 Å². The van der Waals surface area contributed by atoms with Gasteiger partial charge in [-0.05, 0) is 49.1 Å². The molecule has 30 heavy (non-hydrogen) atoms. The first-order valence-corrected chi connectivity index (χ1v) is 10.1. The Balaban J connectivity index is 1.48.